The molecular formula is C10H9NO3. The second-order valence-corrected chi connectivity index (χ2v) is 2.51. The normalized spacial score (nSPS) is 8.93. The molecule has 0 fully saturated rings. The number of methoxy groups -OCH3 is 2. The summed E-state index contributed by atoms with van der Waals surface area (Å²) < 4.78 is 9.91. The van der Waals surface area contributed by atoms with E-state index < -0.39 is 5.78 Å². The number of carbonyl (C=O) groups is 1. The van der Waals surface area contributed by atoms with Gasteiger partial charge in [0.2, 0.25) is 0 Å². The average molecular weight is 191 g/mol. The second-order valence-electron chi connectivity index (χ2n) is 2.51. The first-order valence-electron chi connectivity index (χ1n) is 3.89. The summed E-state index contributed by atoms with van der Waals surface area (Å²) in [6, 6.07) is 6.20. The minimum Gasteiger partial charge on any atom is -0.497 e. The number of hydrogen-bond donors (Lipinski definition) is 0. The second kappa shape index (κ2) is 4.28. The molecule has 0 atom stereocenters. The van der Waals surface area contributed by atoms with Crippen molar-refractivity contribution in [1.29, 1.82) is 5.26 Å². The van der Waals surface area contributed by atoms with Gasteiger partial charge in [0.25, 0.3) is 5.78 Å². The fraction of sp³-hybridized carbons (Fsp3) is 0.200. The lowest BCUT2D eigenvalue weighted by molar-refractivity contribution is 0.105. The number of ether oxygens (including phenoxy) is 2. The van der Waals surface area contributed by atoms with Crippen LogP contribution in [0.2, 0.25) is 0 Å². The smallest absolute Gasteiger partial charge is 0.265 e. The van der Waals surface area contributed by atoms with Crippen LogP contribution in [0, 0.1) is 11.3 Å². The third kappa shape index (κ3) is 1.83. The van der Waals surface area contributed by atoms with Crippen molar-refractivity contribution in [2.75, 3.05) is 14.2 Å². The Hall–Kier alpha value is -2.02. The van der Waals surface area contributed by atoms with Crippen molar-refractivity contribution in [3.8, 4) is 17.6 Å². The van der Waals surface area contributed by atoms with Gasteiger partial charge in [-0.05, 0) is 12.1 Å². The van der Waals surface area contributed by atoms with Crippen LogP contribution < -0.4 is 9.47 Å². The van der Waals surface area contributed by atoms with E-state index in [1.54, 1.807) is 12.1 Å². The van der Waals surface area contributed by atoms with Crippen LogP contribution >= 0.6 is 0 Å². The van der Waals surface area contributed by atoms with Crippen molar-refractivity contribution in [2.45, 2.75) is 0 Å². The molecule has 0 saturated heterocycles. The minimum atomic E-state index is -0.621. The molecule has 0 aliphatic heterocycles. The van der Waals surface area contributed by atoms with Crippen LogP contribution in [0.15, 0.2) is 18.2 Å². The van der Waals surface area contributed by atoms with E-state index in [2.05, 4.69) is 0 Å². The van der Waals surface area contributed by atoms with E-state index in [0.29, 0.717) is 11.5 Å². The summed E-state index contributed by atoms with van der Waals surface area (Å²) in [6.45, 7) is 0. The van der Waals surface area contributed by atoms with Crippen molar-refractivity contribution < 1.29 is 14.3 Å². The van der Waals surface area contributed by atoms with Crippen LogP contribution in [-0.4, -0.2) is 20.0 Å². The molecule has 0 unspecified atom stereocenters. The first kappa shape index (κ1) is 10.1. The van der Waals surface area contributed by atoms with Gasteiger partial charge in [0.1, 0.15) is 17.6 Å². The van der Waals surface area contributed by atoms with Crippen molar-refractivity contribution in [1.82, 2.24) is 0 Å². The number of rotatable bonds is 3. The summed E-state index contributed by atoms with van der Waals surface area (Å²) in [4.78, 5) is 11.1. The highest BCUT2D eigenvalue weighted by molar-refractivity contribution is 6.09. The number of hydrogen-bond acceptors (Lipinski definition) is 4. The third-order valence-corrected chi connectivity index (χ3v) is 1.75. The summed E-state index contributed by atoms with van der Waals surface area (Å²) >= 11 is 0. The highest BCUT2D eigenvalue weighted by Gasteiger charge is 2.11. The molecule has 0 spiro atoms. The van der Waals surface area contributed by atoms with Gasteiger partial charge in [0.05, 0.1) is 19.8 Å². The zero-order valence-electron chi connectivity index (χ0n) is 7.90. The number of ketones is 1. The van der Waals surface area contributed by atoms with E-state index in [-0.39, 0.29) is 5.56 Å². The molecule has 0 aliphatic rings. The van der Waals surface area contributed by atoms with E-state index in [1.165, 1.54) is 26.4 Å². The van der Waals surface area contributed by atoms with Gasteiger partial charge in [-0.25, -0.2) is 0 Å². The fourth-order valence-corrected chi connectivity index (χ4v) is 1.05. The maximum atomic E-state index is 11.1. The van der Waals surface area contributed by atoms with Gasteiger partial charge >= 0.3 is 0 Å². The van der Waals surface area contributed by atoms with Gasteiger partial charge in [0.15, 0.2) is 0 Å². The number of nitrogens with zero attached hydrogens (tertiary/aromatic N) is 1. The highest BCUT2D eigenvalue weighted by Crippen LogP contribution is 2.24. The van der Waals surface area contributed by atoms with E-state index in [9.17, 15) is 4.79 Å². The molecule has 14 heavy (non-hydrogen) atoms. The predicted molar refractivity (Wildman–Crippen MR) is 49.5 cm³/mol. The Balaban J connectivity index is 3.19. The largest absolute Gasteiger partial charge is 0.497 e. The molecule has 0 radical (unpaired) electrons. The van der Waals surface area contributed by atoms with E-state index in [4.69, 9.17) is 14.7 Å². The number of carbonyl (C=O) groups excluding carboxylic acids is 1. The van der Waals surface area contributed by atoms with Gasteiger partial charge in [0, 0.05) is 6.07 Å². The molecule has 0 saturated carbocycles. The topological polar surface area (TPSA) is 59.3 Å². The molecule has 1 aromatic rings. The molecule has 1 aromatic carbocycles. The quantitative estimate of drug-likeness (QED) is 0.535. The summed E-state index contributed by atoms with van der Waals surface area (Å²) in [6.07, 6.45) is 0. The molecule has 72 valence electrons. The van der Waals surface area contributed by atoms with Crippen LogP contribution in [0.4, 0.5) is 0 Å². The van der Waals surface area contributed by atoms with E-state index in [1.807, 2.05) is 0 Å². The lowest BCUT2D eigenvalue weighted by Crippen LogP contribution is -1.99. The first-order valence-corrected chi connectivity index (χ1v) is 3.89. The van der Waals surface area contributed by atoms with Crippen LogP contribution in [0.3, 0.4) is 0 Å². The van der Waals surface area contributed by atoms with E-state index >= 15 is 0 Å². The highest BCUT2D eigenvalue weighted by atomic mass is 16.5. The molecule has 0 aromatic heterocycles. The van der Waals surface area contributed by atoms with Crippen molar-refractivity contribution in [3.05, 3.63) is 23.8 Å². The first-order chi connectivity index (χ1) is 6.72. The van der Waals surface area contributed by atoms with Crippen molar-refractivity contribution in [2.24, 2.45) is 0 Å². The maximum absolute atomic E-state index is 11.1. The van der Waals surface area contributed by atoms with Crippen molar-refractivity contribution >= 4 is 5.78 Å². The Bertz CT molecular complexity index is 393. The number of Topliss-reactive ketones (excluding diaryl/α,β-unsaturated/α-hetero) is 1. The molecule has 0 amide bonds. The van der Waals surface area contributed by atoms with Gasteiger partial charge < -0.3 is 9.47 Å². The van der Waals surface area contributed by atoms with Crippen LogP contribution in [0.25, 0.3) is 0 Å². The lowest BCUT2D eigenvalue weighted by Gasteiger charge is -2.06. The molecule has 0 N–H and O–H groups in total. The molecule has 4 heteroatoms. The molecule has 4 nitrogen and oxygen atoms in total. The van der Waals surface area contributed by atoms with Crippen LogP contribution in [0.1, 0.15) is 10.4 Å². The SMILES string of the molecule is COc1ccc(C(=O)C#N)c(OC)c1. The minimum absolute atomic E-state index is 0.246. The third-order valence-electron chi connectivity index (χ3n) is 1.75. The Morgan fingerprint density at radius 2 is 2.07 bits per heavy atom. The van der Waals surface area contributed by atoms with Crippen LogP contribution in [0.5, 0.6) is 11.5 Å². The van der Waals surface area contributed by atoms with Gasteiger partial charge in [-0.1, -0.05) is 0 Å². The Morgan fingerprint density at radius 1 is 1.36 bits per heavy atom. The van der Waals surface area contributed by atoms with Gasteiger partial charge in [-0.2, -0.15) is 5.26 Å². The molecule has 0 aliphatic carbocycles. The zero-order chi connectivity index (χ0) is 10.6. The summed E-state index contributed by atoms with van der Waals surface area (Å²) in [5.74, 6) is 0.303. The number of nitriles is 1. The summed E-state index contributed by atoms with van der Waals surface area (Å²) in [7, 11) is 2.95. The maximum Gasteiger partial charge on any atom is 0.265 e. The summed E-state index contributed by atoms with van der Waals surface area (Å²) in [5.41, 5.74) is 0.246. The Labute approximate surface area is 81.7 Å². The van der Waals surface area contributed by atoms with Crippen molar-refractivity contribution in [3.63, 3.8) is 0 Å². The standard InChI is InChI=1S/C10H9NO3/c1-13-7-3-4-8(9(12)6-11)10(5-7)14-2/h3-5H,1-2H3. The van der Waals surface area contributed by atoms with Gasteiger partial charge in [-0.3, -0.25) is 4.79 Å². The zero-order valence-corrected chi connectivity index (χ0v) is 7.90. The van der Waals surface area contributed by atoms with E-state index in [0.717, 1.165) is 0 Å². The monoisotopic (exact) mass is 191 g/mol. The molecule has 1 rings (SSSR count). The number of benzene rings is 1. The van der Waals surface area contributed by atoms with Gasteiger partial charge in [-0.15, -0.1) is 0 Å². The Morgan fingerprint density at radius 3 is 2.57 bits per heavy atom. The molecule has 0 heterocycles. The molecule has 0 bridgehead atoms. The average Bonchev–Trinajstić information content (AvgIpc) is 2.27. The Kier molecular flexibility index (Phi) is 3.08. The lowest BCUT2D eigenvalue weighted by atomic mass is 10.1. The fourth-order valence-electron chi connectivity index (χ4n) is 1.05. The predicted octanol–water partition coefficient (Wildman–Crippen LogP) is 1.41. The van der Waals surface area contributed by atoms with Crippen LogP contribution in [-0.2, 0) is 0 Å². The molecular weight excluding hydrogens is 182 g/mol. The summed E-state index contributed by atoms with van der Waals surface area (Å²) in [5, 5.41) is 8.45.